The molecule has 0 spiro atoms. The van der Waals surface area contributed by atoms with Crippen molar-refractivity contribution in [3.8, 4) is 5.75 Å². The van der Waals surface area contributed by atoms with Crippen molar-refractivity contribution in [2.75, 3.05) is 11.8 Å². The molecule has 110 valence electrons. The predicted octanol–water partition coefficient (Wildman–Crippen LogP) is 2.19. The van der Waals surface area contributed by atoms with Crippen LogP contribution in [0, 0.1) is 0 Å². The lowest BCUT2D eigenvalue weighted by Crippen LogP contribution is -2.13. The number of hydrogen-bond donors (Lipinski definition) is 2. The van der Waals surface area contributed by atoms with Crippen molar-refractivity contribution >= 4 is 21.7 Å². The first kappa shape index (κ1) is 14.9. The van der Waals surface area contributed by atoms with E-state index in [9.17, 15) is 13.2 Å². The summed E-state index contributed by atoms with van der Waals surface area (Å²) in [6, 6.07) is 11.8. The number of hydrogen-bond acceptors (Lipinski definition) is 4. The molecule has 2 aromatic carbocycles. The van der Waals surface area contributed by atoms with E-state index in [0.717, 1.165) is 0 Å². The van der Waals surface area contributed by atoms with Gasteiger partial charge in [-0.2, -0.15) is 0 Å². The maximum absolute atomic E-state index is 12.2. The average Bonchev–Trinajstić information content (AvgIpc) is 2.47. The monoisotopic (exact) mass is 307 g/mol. The minimum absolute atomic E-state index is 0.0415. The Balaban J connectivity index is 2.34. The van der Waals surface area contributed by atoms with Gasteiger partial charge in [-0.3, -0.25) is 4.72 Å². The molecule has 0 heterocycles. The van der Waals surface area contributed by atoms with E-state index < -0.39 is 16.0 Å². The lowest BCUT2D eigenvalue weighted by atomic mass is 10.2. The number of sulfonamides is 1. The maximum atomic E-state index is 12.2. The number of carboxylic acids is 1. The second-order valence-electron chi connectivity index (χ2n) is 4.14. The van der Waals surface area contributed by atoms with Crippen molar-refractivity contribution in [1.82, 2.24) is 0 Å². The fourth-order valence-corrected chi connectivity index (χ4v) is 2.82. The summed E-state index contributed by atoms with van der Waals surface area (Å²) in [4.78, 5) is 11.1. The molecule has 0 saturated carbocycles. The topological polar surface area (TPSA) is 92.7 Å². The van der Waals surface area contributed by atoms with E-state index in [1.807, 2.05) is 0 Å². The third kappa shape index (κ3) is 3.32. The molecule has 0 unspecified atom stereocenters. The zero-order valence-corrected chi connectivity index (χ0v) is 11.9. The number of benzene rings is 2. The van der Waals surface area contributed by atoms with E-state index >= 15 is 0 Å². The van der Waals surface area contributed by atoms with Crippen molar-refractivity contribution in [3.05, 3.63) is 54.1 Å². The van der Waals surface area contributed by atoms with Crippen LogP contribution in [-0.2, 0) is 10.0 Å². The Hall–Kier alpha value is -2.54. The number of rotatable bonds is 5. The molecule has 6 nitrogen and oxygen atoms in total. The average molecular weight is 307 g/mol. The van der Waals surface area contributed by atoms with Crippen LogP contribution in [0.15, 0.2) is 53.4 Å². The number of carbonyl (C=O) groups is 1. The minimum Gasteiger partial charge on any atom is -0.496 e. The van der Waals surface area contributed by atoms with Crippen molar-refractivity contribution in [2.24, 2.45) is 0 Å². The van der Waals surface area contributed by atoms with Crippen LogP contribution in [0.3, 0.4) is 0 Å². The highest BCUT2D eigenvalue weighted by Gasteiger charge is 2.16. The summed E-state index contributed by atoms with van der Waals surface area (Å²) < 4.78 is 31.6. The number of ether oxygens (including phenoxy) is 1. The summed E-state index contributed by atoms with van der Waals surface area (Å²) in [6.45, 7) is 0. The number of methoxy groups -OCH3 is 1. The first-order chi connectivity index (χ1) is 9.94. The molecule has 0 saturated heterocycles. The van der Waals surface area contributed by atoms with Gasteiger partial charge in [0.25, 0.3) is 10.0 Å². The molecule has 0 aliphatic carbocycles. The molecule has 0 aliphatic heterocycles. The quantitative estimate of drug-likeness (QED) is 0.883. The van der Waals surface area contributed by atoms with E-state index in [2.05, 4.69) is 4.72 Å². The number of anilines is 1. The summed E-state index contributed by atoms with van der Waals surface area (Å²) in [5.41, 5.74) is 0.181. The third-order valence-electron chi connectivity index (χ3n) is 2.74. The Kier molecular flexibility index (Phi) is 4.13. The zero-order chi connectivity index (χ0) is 15.5. The van der Waals surface area contributed by atoms with Crippen molar-refractivity contribution in [2.45, 2.75) is 4.90 Å². The first-order valence-corrected chi connectivity index (χ1v) is 7.41. The van der Waals surface area contributed by atoms with Gasteiger partial charge in [0.15, 0.2) is 0 Å². The van der Waals surface area contributed by atoms with Crippen LogP contribution in [0.1, 0.15) is 10.4 Å². The van der Waals surface area contributed by atoms with Crippen molar-refractivity contribution < 1.29 is 23.1 Å². The van der Waals surface area contributed by atoms with Gasteiger partial charge in [0.2, 0.25) is 0 Å². The Morgan fingerprint density at radius 2 is 1.81 bits per heavy atom. The number of nitrogens with one attached hydrogen (secondary N) is 1. The van der Waals surface area contributed by atoms with Gasteiger partial charge in [0, 0.05) is 6.07 Å². The Morgan fingerprint density at radius 1 is 1.14 bits per heavy atom. The fourth-order valence-electron chi connectivity index (χ4n) is 1.75. The van der Waals surface area contributed by atoms with Gasteiger partial charge in [-0.1, -0.05) is 18.2 Å². The molecule has 7 heteroatoms. The summed E-state index contributed by atoms with van der Waals surface area (Å²) in [7, 11) is -2.41. The second kappa shape index (κ2) is 5.84. The smallest absolute Gasteiger partial charge is 0.339 e. The Morgan fingerprint density at radius 3 is 2.38 bits per heavy atom. The Bertz CT molecular complexity index is 756. The van der Waals surface area contributed by atoms with Crippen LogP contribution in [0.2, 0.25) is 0 Å². The first-order valence-electron chi connectivity index (χ1n) is 5.93. The highest BCUT2D eigenvalue weighted by Crippen LogP contribution is 2.25. The molecular formula is C14H13NO5S. The highest BCUT2D eigenvalue weighted by molar-refractivity contribution is 7.92. The van der Waals surface area contributed by atoms with Gasteiger partial charge in [-0.25, -0.2) is 13.2 Å². The molecule has 0 radical (unpaired) electrons. The summed E-state index contributed by atoms with van der Waals surface area (Å²) in [5.74, 6) is -1.07. The normalized spacial score (nSPS) is 10.9. The van der Waals surface area contributed by atoms with Crippen LogP contribution in [0.4, 0.5) is 5.69 Å². The van der Waals surface area contributed by atoms with Gasteiger partial charge in [0.05, 0.1) is 17.7 Å². The fraction of sp³-hybridized carbons (Fsp3) is 0.0714. The van der Waals surface area contributed by atoms with E-state index in [0.29, 0.717) is 0 Å². The molecule has 0 aliphatic rings. The van der Waals surface area contributed by atoms with Crippen LogP contribution in [0.5, 0.6) is 5.75 Å². The SMILES string of the molecule is COc1cc(NS(=O)(=O)c2ccccc2)ccc1C(=O)O. The lowest BCUT2D eigenvalue weighted by molar-refractivity contribution is 0.0693. The lowest BCUT2D eigenvalue weighted by Gasteiger charge is -2.10. The highest BCUT2D eigenvalue weighted by atomic mass is 32.2. The van der Waals surface area contributed by atoms with Gasteiger partial charge < -0.3 is 9.84 Å². The number of aromatic carboxylic acids is 1. The predicted molar refractivity (Wildman–Crippen MR) is 77.2 cm³/mol. The Labute approximate surface area is 122 Å². The summed E-state index contributed by atoms with van der Waals surface area (Å²) in [5, 5.41) is 8.98. The minimum atomic E-state index is -3.72. The molecule has 21 heavy (non-hydrogen) atoms. The standard InChI is InChI=1S/C14H13NO5S/c1-20-13-9-10(7-8-12(13)14(16)17)15-21(18,19)11-5-3-2-4-6-11/h2-9,15H,1H3,(H,16,17). The van der Waals surface area contributed by atoms with E-state index in [1.54, 1.807) is 18.2 Å². The van der Waals surface area contributed by atoms with Crippen molar-refractivity contribution in [1.29, 1.82) is 0 Å². The second-order valence-corrected chi connectivity index (χ2v) is 5.82. The van der Waals surface area contributed by atoms with Gasteiger partial charge in [0.1, 0.15) is 11.3 Å². The molecular weight excluding hydrogens is 294 g/mol. The van der Waals surface area contributed by atoms with E-state index in [4.69, 9.17) is 9.84 Å². The largest absolute Gasteiger partial charge is 0.496 e. The molecule has 0 bridgehead atoms. The van der Waals surface area contributed by atoms with Crippen LogP contribution < -0.4 is 9.46 Å². The van der Waals surface area contributed by atoms with E-state index in [-0.39, 0.29) is 21.9 Å². The molecule has 2 aromatic rings. The van der Waals surface area contributed by atoms with Gasteiger partial charge in [-0.15, -0.1) is 0 Å². The van der Waals surface area contributed by atoms with Crippen LogP contribution >= 0.6 is 0 Å². The molecule has 0 atom stereocenters. The zero-order valence-electron chi connectivity index (χ0n) is 11.1. The summed E-state index contributed by atoms with van der Waals surface area (Å²) >= 11 is 0. The molecule has 2 N–H and O–H groups in total. The van der Waals surface area contributed by atoms with Crippen LogP contribution in [-0.4, -0.2) is 26.6 Å². The van der Waals surface area contributed by atoms with Gasteiger partial charge >= 0.3 is 5.97 Å². The third-order valence-corrected chi connectivity index (χ3v) is 4.13. The molecule has 2 rings (SSSR count). The maximum Gasteiger partial charge on any atom is 0.339 e. The van der Waals surface area contributed by atoms with E-state index in [1.165, 1.54) is 37.4 Å². The molecule has 0 amide bonds. The number of carboxylic acid groups (broad SMARTS) is 1. The van der Waals surface area contributed by atoms with Crippen LogP contribution in [0.25, 0.3) is 0 Å². The summed E-state index contributed by atoms with van der Waals surface area (Å²) in [6.07, 6.45) is 0. The van der Waals surface area contributed by atoms with Gasteiger partial charge in [-0.05, 0) is 24.3 Å². The molecule has 0 fully saturated rings. The van der Waals surface area contributed by atoms with Crippen molar-refractivity contribution in [3.63, 3.8) is 0 Å². The molecule has 0 aromatic heterocycles.